The molecular formula is C31H68O5Si4. The van der Waals surface area contributed by atoms with Crippen molar-refractivity contribution in [1.29, 1.82) is 0 Å². The molecule has 0 amide bonds. The van der Waals surface area contributed by atoms with Crippen molar-refractivity contribution >= 4 is 39.8 Å². The summed E-state index contributed by atoms with van der Waals surface area (Å²) in [4.78, 5) is 12.4. The molecule has 0 rings (SSSR count). The van der Waals surface area contributed by atoms with Crippen LogP contribution in [0.1, 0.15) is 132 Å². The van der Waals surface area contributed by atoms with Crippen LogP contribution in [0.5, 0.6) is 0 Å². The summed E-state index contributed by atoms with van der Waals surface area (Å²) in [6.07, 6.45) is 0. The van der Waals surface area contributed by atoms with E-state index < -0.39 is 34.0 Å². The Morgan fingerprint density at radius 3 is 0.925 bits per heavy atom. The zero-order chi connectivity index (χ0) is 32.2. The van der Waals surface area contributed by atoms with Crippen LogP contribution in [0.15, 0.2) is 12.3 Å². The third kappa shape index (κ3) is 7.91. The van der Waals surface area contributed by atoms with Crippen molar-refractivity contribution in [3.8, 4) is 0 Å². The summed E-state index contributed by atoms with van der Waals surface area (Å²) in [7, 11) is -11.2. The maximum absolute atomic E-state index is 12.4. The molecule has 40 heavy (non-hydrogen) atoms. The minimum atomic E-state index is -3.04. The van der Waals surface area contributed by atoms with E-state index in [4.69, 9.17) is 16.8 Å². The Labute approximate surface area is 254 Å². The Balaban J connectivity index is 7.61. The van der Waals surface area contributed by atoms with E-state index in [0.29, 0.717) is 16.6 Å². The second-order valence-corrected chi connectivity index (χ2v) is 33.9. The van der Waals surface area contributed by atoms with Gasteiger partial charge in [-0.05, 0) is 38.8 Å². The molecule has 0 atom stereocenters. The van der Waals surface area contributed by atoms with Crippen LogP contribution in [-0.2, 0) is 21.6 Å². The largest absolute Gasteiger partial charge is 0.518 e. The van der Waals surface area contributed by atoms with E-state index in [9.17, 15) is 4.79 Å². The summed E-state index contributed by atoms with van der Waals surface area (Å²) >= 11 is 0. The van der Waals surface area contributed by atoms with Gasteiger partial charge < -0.3 is 16.8 Å². The van der Waals surface area contributed by atoms with Crippen LogP contribution in [0.2, 0.25) is 49.9 Å². The summed E-state index contributed by atoms with van der Waals surface area (Å²) in [6, 6.07) is 0. The second kappa shape index (κ2) is 15.1. The predicted octanol–water partition coefficient (Wildman–Crippen LogP) is 11.1. The van der Waals surface area contributed by atoms with Gasteiger partial charge in [-0.15, -0.1) is 0 Å². The topological polar surface area (TPSA) is 54.0 Å². The first-order chi connectivity index (χ1) is 17.9. The molecule has 0 unspecified atom stereocenters. The summed E-state index contributed by atoms with van der Waals surface area (Å²) in [5.41, 5.74) is 2.37. The van der Waals surface area contributed by atoms with Crippen molar-refractivity contribution in [3.63, 3.8) is 0 Å². The quantitative estimate of drug-likeness (QED) is 0.0854. The first kappa shape index (κ1) is 40.0. The lowest BCUT2D eigenvalue weighted by molar-refractivity contribution is -0.115. The molecule has 5 nitrogen and oxygen atoms in total. The lowest BCUT2D eigenvalue weighted by Gasteiger charge is -2.56. The molecule has 0 saturated heterocycles. The van der Waals surface area contributed by atoms with Crippen molar-refractivity contribution < 1.29 is 21.6 Å². The van der Waals surface area contributed by atoms with Gasteiger partial charge in [-0.25, -0.2) is 0 Å². The zero-order valence-corrected chi connectivity index (χ0v) is 33.9. The van der Waals surface area contributed by atoms with Crippen molar-refractivity contribution in [2.45, 2.75) is 181 Å². The first-order valence-electron chi connectivity index (χ1n) is 15.9. The molecule has 0 aliphatic heterocycles. The number of hydrogen-bond acceptors (Lipinski definition) is 5. The van der Waals surface area contributed by atoms with Gasteiger partial charge in [0.1, 0.15) is 5.76 Å². The molecule has 9 heteroatoms. The predicted molar refractivity (Wildman–Crippen MR) is 183 cm³/mol. The van der Waals surface area contributed by atoms with Crippen LogP contribution in [0, 0.1) is 0 Å². The van der Waals surface area contributed by atoms with E-state index in [1.165, 1.54) is 6.92 Å². The van der Waals surface area contributed by atoms with Crippen LogP contribution in [0.3, 0.4) is 0 Å². The molecule has 238 valence electrons. The highest BCUT2D eigenvalue weighted by Crippen LogP contribution is 2.53. The normalized spacial score (nSPS) is 14.4. The molecule has 0 spiro atoms. The van der Waals surface area contributed by atoms with Crippen molar-refractivity contribution in [2.75, 3.05) is 0 Å². The van der Waals surface area contributed by atoms with Gasteiger partial charge in [-0.2, -0.15) is 0 Å². The molecule has 0 fully saturated rings. The highest BCUT2D eigenvalue weighted by atomic mass is 28.5. The molecule has 0 heterocycles. The third-order valence-corrected chi connectivity index (χ3v) is 32.6. The Morgan fingerprint density at radius 1 is 0.450 bits per heavy atom. The van der Waals surface area contributed by atoms with Crippen LogP contribution in [-0.4, -0.2) is 39.8 Å². The van der Waals surface area contributed by atoms with Gasteiger partial charge in [0.2, 0.25) is 0 Å². The van der Waals surface area contributed by atoms with E-state index in [1.807, 2.05) is 0 Å². The molecule has 0 bridgehead atoms. The van der Waals surface area contributed by atoms with Crippen molar-refractivity contribution in [3.05, 3.63) is 12.3 Å². The minimum Gasteiger partial charge on any atom is -0.518 e. The monoisotopic (exact) mass is 632 g/mol. The molecule has 0 N–H and O–H groups in total. The maximum atomic E-state index is 12.4. The Bertz CT molecular complexity index is 773. The summed E-state index contributed by atoms with van der Waals surface area (Å²) in [5, 5.41) is 0. The summed E-state index contributed by atoms with van der Waals surface area (Å²) < 4.78 is 30.0. The zero-order valence-electron chi connectivity index (χ0n) is 29.9. The molecule has 0 aliphatic rings. The van der Waals surface area contributed by atoms with Crippen LogP contribution in [0.4, 0.5) is 0 Å². The Morgan fingerprint density at radius 2 is 0.700 bits per heavy atom. The van der Waals surface area contributed by atoms with E-state index in [2.05, 4.69) is 131 Å². The fraction of sp³-hybridized carbons (Fsp3) is 0.903. The number of ketones is 1. The third-order valence-electron chi connectivity index (χ3n) is 9.19. The van der Waals surface area contributed by atoms with Gasteiger partial charge in [-0.3, -0.25) is 4.79 Å². The van der Waals surface area contributed by atoms with Gasteiger partial charge in [0, 0.05) is 18.0 Å². The lowest BCUT2D eigenvalue weighted by atomic mass is 10.4. The average molecular weight is 633 g/mol. The summed E-state index contributed by atoms with van der Waals surface area (Å²) in [5.74, 6) is 0.0462. The number of allylic oxidation sites excluding steroid dienone is 1. The van der Waals surface area contributed by atoms with Crippen LogP contribution >= 0.6 is 0 Å². The second-order valence-electron chi connectivity index (χ2n) is 14.8. The van der Waals surface area contributed by atoms with Gasteiger partial charge in [-0.1, -0.05) is 131 Å². The highest BCUT2D eigenvalue weighted by Gasteiger charge is 2.64. The molecule has 0 aromatic rings. The van der Waals surface area contributed by atoms with Crippen LogP contribution in [0.25, 0.3) is 0 Å². The lowest BCUT2D eigenvalue weighted by Crippen LogP contribution is -2.69. The van der Waals surface area contributed by atoms with Gasteiger partial charge in [0.25, 0.3) is 0 Å². The molecule has 0 saturated carbocycles. The fourth-order valence-electron chi connectivity index (χ4n) is 6.87. The number of Topliss-reactive ketones (excluding diaryl/α,β-unsaturated/α-hetero) is 1. The number of hydrogen-bond donors (Lipinski definition) is 0. The van der Waals surface area contributed by atoms with E-state index >= 15 is 0 Å². The first-order valence-corrected chi connectivity index (χ1v) is 24.0. The maximum Gasteiger partial charge on any atom is 0.395 e. The number of rotatable bonds is 18. The van der Waals surface area contributed by atoms with Gasteiger partial charge in [0.05, 0.1) is 0 Å². The van der Waals surface area contributed by atoms with Crippen LogP contribution < -0.4 is 0 Å². The average Bonchev–Trinajstić information content (AvgIpc) is 2.78. The van der Waals surface area contributed by atoms with Crippen molar-refractivity contribution in [2.24, 2.45) is 0 Å². The standard InChI is InChI=1S/C31H68O5Si4/c1-21(2)37(22(3)4,23(5)6)34-39(26(11)12,27(13)14)36-40(28(15)16,29(17)18)35-38(24(7)8,25(9)10)33-31(20)30(19)32/h21-29H,20H2,1-19H3. The number of carbonyl (C=O) groups excluding carboxylic acids is 1. The molecule has 0 aromatic carbocycles. The smallest absolute Gasteiger partial charge is 0.395 e. The van der Waals surface area contributed by atoms with Crippen molar-refractivity contribution in [1.82, 2.24) is 0 Å². The van der Waals surface area contributed by atoms with Gasteiger partial charge in [0.15, 0.2) is 14.1 Å². The highest BCUT2D eigenvalue weighted by molar-refractivity contribution is 6.93. The Hall–Kier alpha value is -0.0425. The van der Waals surface area contributed by atoms with E-state index in [0.717, 1.165) is 0 Å². The molecule has 0 radical (unpaired) electrons. The molecular weight excluding hydrogens is 565 g/mol. The SMILES string of the molecule is C=C(O[Si](O[Si](O[Si](O[Si](C(C)C)(C(C)C)C(C)C)(C(C)C)C(C)C)(C(C)C)C(C)C)(C(C)C)C(C)C)C(C)=O. The van der Waals surface area contributed by atoms with E-state index in [-0.39, 0.29) is 44.8 Å². The van der Waals surface area contributed by atoms with Gasteiger partial charge >= 0.3 is 25.7 Å². The Kier molecular flexibility index (Phi) is 15.1. The molecule has 0 aromatic heterocycles. The summed E-state index contributed by atoms with van der Waals surface area (Å²) in [6.45, 7) is 46.5. The minimum absolute atomic E-state index is 0.0992. The number of carbonyl (C=O) groups is 1. The molecule has 0 aliphatic carbocycles. The van der Waals surface area contributed by atoms with E-state index in [1.54, 1.807) is 0 Å². The fourth-order valence-corrected chi connectivity index (χ4v) is 35.6.